The van der Waals surface area contributed by atoms with Gasteiger partial charge in [0.05, 0.1) is 0 Å². The van der Waals surface area contributed by atoms with E-state index >= 15 is 0 Å². The van der Waals surface area contributed by atoms with Crippen molar-refractivity contribution in [3.63, 3.8) is 0 Å². The van der Waals surface area contributed by atoms with Gasteiger partial charge in [0.2, 0.25) is 0 Å². The highest BCUT2D eigenvalue weighted by molar-refractivity contribution is 5.33. The molecule has 0 amide bonds. The van der Waals surface area contributed by atoms with Crippen molar-refractivity contribution in [2.75, 3.05) is 20.6 Å². The highest BCUT2D eigenvalue weighted by atomic mass is 15.2. The lowest BCUT2D eigenvalue weighted by molar-refractivity contribution is 0.189. The molecule has 100 valence electrons. The Morgan fingerprint density at radius 1 is 1.22 bits per heavy atom. The molecule has 0 radical (unpaired) electrons. The molecule has 2 heteroatoms. The summed E-state index contributed by atoms with van der Waals surface area (Å²) in [6.45, 7) is 6.54. The summed E-state index contributed by atoms with van der Waals surface area (Å²) in [6, 6.07) is 8.88. The van der Waals surface area contributed by atoms with Gasteiger partial charge in [0, 0.05) is 18.6 Å². The summed E-state index contributed by atoms with van der Waals surface area (Å²) in [5.74, 6) is 0.838. The van der Waals surface area contributed by atoms with Crippen molar-refractivity contribution < 1.29 is 0 Å². The highest BCUT2D eigenvalue weighted by Gasteiger charge is 2.25. The Hall–Kier alpha value is -0.860. The van der Waals surface area contributed by atoms with Crippen LogP contribution in [0.2, 0.25) is 0 Å². The fourth-order valence-corrected chi connectivity index (χ4v) is 2.15. The Bertz CT molecular complexity index is 392. The summed E-state index contributed by atoms with van der Waals surface area (Å²) in [7, 11) is 4.28. The molecule has 0 saturated heterocycles. The summed E-state index contributed by atoms with van der Waals surface area (Å²) in [5.41, 5.74) is 3.25. The van der Waals surface area contributed by atoms with E-state index in [-0.39, 0.29) is 5.54 Å². The molecule has 1 aliphatic carbocycles. The van der Waals surface area contributed by atoms with Gasteiger partial charge < -0.3 is 10.2 Å². The normalized spacial score (nSPS) is 16.3. The maximum atomic E-state index is 3.60. The van der Waals surface area contributed by atoms with Crippen molar-refractivity contribution in [2.45, 2.75) is 44.7 Å². The maximum Gasteiger partial charge on any atom is 0.0271 e. The third-order valence-electron chi connectivity index (χ3n) is 4.16. The van der Waals surface area contributed by atoms with Crippen molar-refractivity contribution in [3.05, 3.63) is 35.4 Å². The largest absolute Gasteiger partial charge is 0.311 e. The number of likely N-dealkylation sites (N-methyl/N-ethyl adjacent to an activating group) is 1. The van der Waals surface area contributed by atoms with Crippen LogP contribution in [0.3, 0.4) is 0 Å². The lowest BCUT2D eigenvalue weighted by Crippen LogP contribution is -2.46. The Balaban J connectivity index is 1.90. The van der Waals surface area contributed by atoms with Crippen LogP contribution in [0, 0.1) is 0 Å². The van der Waals surface area contributed by atoms with Gasteiger partial charge in [-0.1, -0.05) is 24.3 Å². The van der Waals surface area contributed by atoms with Gasteiger partial charge in [0.25, 0.3) is 0 Å². The topological polar surface area (TPSA) is 15.3 Å². The van der Waals surface area contributed by atoms with Crippen LogP contribution in [0.15, 0.2) is 24.3 Å². The van der Waals surface area contributed by atoms with Crippen LogP contribution in [-0.2, 0) is 6.54 Å². The first kappa shape index (κ1) is 13.6. The molecule has 1 aliphatic rings. The van der Waals surface area contributed by atoms with Gasteiger partial charge in [-0.3, -0.25) is 0 Å². The Labute approximate surface area is 111 Å². The number of rotatable bonds is 6. The molecule has 0 aliphatic heterocycles. The summed E-state index contributed by atoms with van der Waals surface area (Å²) in [6.07, 6.45) is 2.75. The lowest BCUT2D eigenvalue weighted by Gasteiger charge is -2.33. The predicted octanol–water partition coefficient (Wildman–Crippen LogP) is 2.99. The molecule has 1 N–H and O–H groups in total. The average Bonchev–Trinajstić information content (AvgIpc) is 3.13. The van der Waals surface area contributed by atoms with Crippen LogP contribution in [0.4, 0.5) is 0 Å². The minimum atomic E-state index is 0.203. The molecule has 0 unspecified atom stereocenters. The quantitative estimate of drug-likeness (QED) is 0.830. The van der Waals surface area contributed by atoms with E-state index in [2.05, 4.69) is 62.4 Å². The van der Waals surface area contributed by atoms with Crippen molar-refractivity contribution in [2.24, 2.45) is 0 Å². The number of hydrogen-bond donors (Lipinski definition) is 1. The average molecular weight is 246 g/mol. The van der Waals surface area contributed by atoms with Crippen LogP contribution < -0.4 is 5.32 Å². The van der Waals surface area contributed by atoms with Gasteiger partial charge in [-0.15, -0.1) is 0 Å². The van der Waals surface area contributed by atoms with Crippen LogP contribution in [-0.4, -0.2) is 31.1 Å². The standard InChI is InChI=1S/C16H26N2/c1-16(2,18(3)4)12-17-11-14-7-5-6-8-15(14)13-9-10-13/h5-8,13,17H,9-12H2,1-4H3. The van der Waals surface area contributed by atoms with Crippen LogP contribution in [0.25, 0.3) is 0 Å². The Morgan fingerprint density at radius 2 is 1.89 bits per heavy atom. The third kappa shape index (κ3) is 3.33. The predicted molar refractivity (Wildman–Crippen MR) is 77.9 cm³/mol. The van der Waals surface area contributed by atoms with E-state index in [1.165, 1.54) is 18.4 Å². The summed E-state index contributed by atoms with van der Waals surface area (Å²) < 4.78 is 0. The zero-order valence-corrected chi connectivity index (χ0v) is 12.2. The molecule has 0 aromatic heterocycles. The van der Waals surface area contributed by atoms with Crippen molar-refractivity contribution in [3.8, 4) is 0 Å². The van der Waals surface area contributed by atoms with Crippen molar-refractivity contribution >= 4 is 0 Å². The summed E-state index contributed by atoms with van der Waals surface area (Å²) >= 11 is 0. The third-order valence-corrected chi connectivity index (χ3v) is 4.16. The molecule has 0 atom stereocenters. The van der Waals surface area contributed by atoms with E-state index in [4.69, 9.17) is 0 Å². The van der Waals surface area contributed by atoms with Gasteiger partial charge >= 0.3 is 0 Å². The second-order valence-electron chi connectivity index (χ2n) is 6.28. The first-order valence-electron chi connectivity index (χ1n) is 6.96. The molecule has 1 aromatic carbocycles. The number of benzene rings is 1. The monoisotopic (exact) mass is 246 g/mol. The smallest absolute Gasteiger partial charge is 0.0271 e. The van der Waals surface area contributed by atoms with E-state index in [1.54, 1.807) is 5.56 Å². The number of nitrogens with one attached hydrogen (secondary N) is 1. The van der Waals surface area contributed by atoms with Gasteiger partial charge in [-0.2, -0.15) is 0 Å². The molecule has 1 fully saturated rings. The second kappa shape index (κ2) is 5.41. The molecular formula is C16H26N2. The molecule has 0 spiro atoms. The van der Waals surface area contributed by atoms with Crippen LogP contribution in [0.1, 0.15) is 43.7 Å². The Morgan fingerprint density at radius 3 is 2.50 bits per heavy atom. The summed E-state index contributed by atoms with van der Waals surface area (Å²) in [5, 5.41) is 3.60. The fraction of sp³-hybridized carbons (Fsp3) is 0.625. The molecule has 1 saturated carbocycles. The molecule has 2 nitrogen and oxygen atoms in total. The van der Waals surface area contributed by atoms with Crippen LogP contribution in [0.5, 0.6) is 0 Å². The van der Waals surface area contributed by atoms with Crippen molar-refractivity contribution in [1.82, 2.24) is 10.2 Å². The molecule has 18 heavy (non-hydrogen) atoms. The SMILES string of the molecule is CN(C)C(C)(C)CNCc1ccccc1C1CC1. The minimum Gasteiger partial charge on any atom is -0.311 e. The molecule has 1 aromatic rings. The number of hydrogen-bond acceptors (Lipinski definition) is 2. The van der Waals surface area contributed by atoms with Gasteiger partial charge in [-0.25, -0.2) is 0 Å². The first-order valence-corrected chi connectivity index (χ1v) is 6.96. The van der Waals surface area contributed by atoms with E-state index in [0.717, 1.165) is 19.0 Å². The molecular weight excluding hydrogens is 220 g/mol. The van der Waals surface area contributed by atoms with Gasteiger partial charge in [-0.05, 0) is 57.8 Å². The van der Waals surface area contributed by atoms with Crippen molar-refractivity contribution in [1.29, 1.82) is 0 Å². The maximum absolute atomic E-state index is 3.60. The lowest BCUT2D eigenvalue weighted by atomic mass is 10.0. The second-order valence-corrected chi connectivity index (χ2v) is 6.28. The van der Waals surface area contributed by atoms with Gasteiger partial charge in [0.1, 0.15) is 0 Å². The Kier molecular flexibility index (Phi) is 4.08. The summed E-state index contributed by atoms with van der Waals surface area (Å²) in [4.78, 5) is 2.27. The zero-order valence-electron chi connectivity index (χ0n) is 12.2. The molecule has 0 bridgehead atoms. The first-order chi connectivity index (χ1) is 8.50. The van der Waals surface area contributed by atoms with E-state index in [1.807, 2.05) is 0 Å². The van der Waals surface area contributed by atoms with Crippen LogP contribution >= 0.6 is 0 Å². The molecule has 0 heterocycles. The van der Waals surface area contributed by atoms with Gasteiger partial charge in [0.15, 0.2) is 0 Å². The zero-order chi connectivity index (χ0) is 13.2. The van der Waals surface area contributed by atoms with E-state index < -0.39 is 0 Å². The van der Waals surface area contributed by atoms with E-state index in [9.17, 15) is 0 Å². The highest BCUT2D eigenvalue weighted by Crippen LogP contribution is 2.41. The van der Waals surface area contributed by atoms with E-state index in [0.29, 0.717) is 0 Å². The fourth-order valence-electron chi connectivity index (χ4n) is 2.15. The number of nitrogens with zero attached hydrogens (tertiary/aromatic N) is 1. The molecule has 2 rings (SSSR count). The minimum absolute atomic E-state index is 0.203.